The molecule has 0 aromatic heterocycles. The average molecular weight is 247 g/mol. The molecule has 0 heterocycles. The van der Waals surface area contributed by atoms with Gasteiger partial charge in [-0.25, -0.2) is 4.39 Å². The van der Waals surface area contributed by atoms with Crippen LogP contribution in [0.4, 0.5) is 10.1 Å². The predicted molar refractivity (Wildman–Crippen MR) is 67.9 cm³/mol. The van der Waals surface area contributed by atoms with E-state index in [1.54, 1.807) is 30.3 Å². The fraction of sp³-hybridized carbons (Fsp3) is 0.143. The van der Waals surface area contributed by atoms with Crippen LogP contribution in [-0.4, -0.2) is 12.2 Å². The molecule has 0 aliphatic carbocycles. The van der Waals surface area contributed by atoms with Crippen LogP contribution in [0.25, 0.3) is 0 Å². The van der Waals surface area contributed by atoms with Crippen LogP contribution in [0, 0.1) is 5.82 Å². The van der Waals surface area contributed by atoms with Crippen molar-refractivity contribution in [3.63, 3.8) is 0 Å². The van der Waals surface area contributed by atoms with E-state index in [4.69, 9.17) is 10.5 Å². The van der Waals surface area contributed by atoms with Gasteiger partial charge in [-0.2, -0.15) is 0 Å². The maximum atomic E-state index is 14.0. The highest BCUT2D eigenvalue weighted by Gasteiger charge is 2.17. The number of benzene rings is 2. The number of aliphatic hydroxyl groups excluding tert-OH is 1. The zero-order valence-electron chi connectivity index (χ0n) is 9.93. The quantitative estimate of drug-likeness (QED) is 0.819. The van der Waals surface area contributed by atoms with Crippen molar-refractivity contribution < 1.29 is 14.2 Å². The minimum Gasteiger partial charge on any atom is -0.494 e. The van der Waals surface area contributed by atoms with Crippen LogP contribution < -0.4 is 10.5 Å². The van der Waals surface area contributed by atoms with Gasteiger partial charge in [-0.15, -0.1) is 0 Å². The van der Waals surface area contributed by atoms with Crippen molar-refractivity contribution >= 4 is 5.69 Å². The van der Waals surface area contributed by atoms with E-state index in [0.717, 1.165) is 0 Å². The van der Waals surface area contributed by atoms with Gasteiger partial charge in [-0.1, -0.05) is 24.3 Å². The maximum Gasteiger partial charge on any atom is 0.171 e. The second-order valence-electron chi connectivity index (χ2n) is 3.93. The first-order chi connectivity index (χ1) is 8.63. The van der Waals surface area contributed by atoms with Crippen LogP contribution in [0.3, 0.4) is 0 Å². The number of ether oxygens (including phenoxy) is 1. The Hall–Kier alpha value is -2.07. The van der Waals surface area contributed by atoms with E-state index in [1.165, 1.54) is 19.2 Å². The first kappa shape index (κ1) is 12.4. The molecule has 0 aliphatic rings. The number of nitrogen functional groups attached to an aromatic ring is 1. The highest BCUT2D eigenvalue weighted by molar-refractivity contribution is 5.43. The van der Waals surface area contributed by atoms with Crippen LogP contribution in [0.5, 0.6) is 5.75 Å². The SMILES string of the molecule is COc1cccc(C(O)c2ccc(N)cc2)c1F. The van der Waals surface area contributed by atoms with Gasteiger partial charge in [0.25, 0.3) is 0 Å². The van der Waals surface area contributed by atoms with E-state index in [2.05, 4.69) is 0 Å². The van der Waals surface area contributed by atoms with Crippen LogP contribution in [0.1, 0.15) is 17.2 Å². The lowest BCUT2D eigenvalue weighted by atomic mass is 10.0. The topological polar surface area (TPSA) is 55.5 Å². The number of rotatable bonds is 3. The smallest absolute Gasteiger partial charge is 0.171 e. The van der Waals surface area contributed by atoms with Crippen LogP contribution >= 0.6 is 0 Å². The molecule has 0 saturated heterocycles. The van der Waals surface area contributed by atoms with Crippen molar-refractivity contribution in [3.8, 4) is 5.75 Å². The van der Waals surface area contributed by atoms with Crippen LogP contribution in [-0.2, 0) is 0 Å². The number of halogens is 1. The number of hydrogen-bond acceptors (Lipinski definition) is 3. The average Bonchev–Trinajstić information content (AvgIpc) is 2.39. The van der Waals surface area contributed by atoms with Gasteiger partial charge in [0.1, 0.15) is 6.10 Å². The van der Waals surface area contributed by atoms with Gasteiger partial charge < -0.3 is 15.6 Å². The fourth-order valence-corrected chi connectivity index (χ4v) is 1.75. The second-order valence-corrected chi connectivity index (χ2v) is 3.93. The summed E-state index contributed by atoms with van der Waals surface area (Å²) >= 11 is 0. The molecule has 0 spiro atoms. The largest absolute Gasteiger partial charge is 0.494 e. The van der Waals surface area contributed by atoms with E-state index in [9.17, 15) is 9.50 Å². The fourth-order valence-electron chi connectivity index (χ4n) is 1.75. The Morgan fingerprint density at radius 2 is 1.83 bits per heavy atom. The molecule has 3 nitrogen and oxygen atoms in total. The molecule has 0 fully saturated rings. The van der Waals surface area contributed by atoms with Crippen molar-refractivity contribution in [2.45, 2.75) is 6.10 Å². The normalized spacial score (nSPS) is 12.2. The second kappa shape index (κ2) is 5.06. The third kappa shape index (κ3) is 2.28. The lowest BCUT2D eigenvalue weighted by molar-refractivity contribution is 0.213. The first-order valence-corrected chi connectivity index (χ1v) is 5.49. The predicted octanol–water partition coefficient (Wildman–Crippen LogP) is 2.50. The molecule has 2 aromatic carbocycles. The zero-order chi connectivity index (χ0) is 13.1. The Bertz CT molecular complexity index is 540. The molecule has 0 aliphatic heterocycles. The lowest BCUT2D eigenvalue weighted by Gasteiger charge is -2.14. The highest BCUT2D eigenvalue weighted by Crippen LogP contribution is 2.29. The van der Waals surface area contributed by atoms with Crippen molar-refractivity contribution in [2.75, 3.05) is 12.8 Å². The Morgan fingerprint density at radius 3 is 2.44 bits per heavy atom. The monoisotopic (exact) mass is 247 g/mol. The Kier molecular flexibility index (Phi) is 3.48. The van der Waals surface area contributed by atoms with Gasteiger partial charge >= 0.3 is 0 Å². The number of methoxy groups -OCH3 is 1. The summed E-state index contributed by atoms with van der Waals surface area (Å²) in [7, 11) is 1.39. The van der Waals surface area contributed by atoms with E-state index in [0.29, 0.717) is 11.3 Å². The van der Waals surface area contributed by atoms with E-state index in [-0.39, 0.29) is 11.3 Å². The minimum atomic E-state index is -1.04. The van der Waals surface area contributed by atoms with Crippen molar-refractivity contribution in [3.05, 3.63) is 59.4 Å². The van der Waals surface area contributed by atoms with Crippen molar-refractivity contribution in [1.82, 2.24) is 0 Å². The molecule has 0 radical (unpaired) electrons. The molecule has 1 atom stereocenters. The zero-order valence-corrected chi connectivity index (χ0v) is 9.93. The summed E-state index contributed by atoms with van der Waals surface area (Å²) in [5.74, 6) is -0.439. The molecule has 94 valence electrons. The van der Waals surface area contributed by atoms with Gasteiger partial charge in [0.05, 0.1) is 7.11 Å². The third-order valence-electron chi connectivity index (χ3n) is 2.76. The molecule has 2 rings (SSSR count). The van der Waals surface area contributed by atoms with Crippen LogP contribution in [0.2, 0.25) is 0 Å². The standard InChI is InChI=1S/C14H14FNO2/c1-18-12-4-2-3-11(13(12)15)14(17)9-5-7-10(16)8-6-9/h2-8,14,17H,16H2,1H3. The summed E-state index contributed by atoms with van der Waals surface area (Å²) in [5, 5.41) is 10.1. The number of aliphatic hydroxyl groups is 1. The molecular weight excluding hydrogens is 233 g/mol. The maximum absolute atomic E-state index is 14.0. The molecule has 0 amide bonds. The van der Waals surface area contributed by atoms with E-state index in [1.807, 2.05) is 0 Å². The van der Waals surface area contributed by atoms with Gasteiger partial charge in [0, 0.05) is 11.3 Å². The summed E-state index contributed by atoms with van der Waals surface area (Å²) in [5.41, 5.74) is 6.92. The molecule has 0 bridgehead atoms. The summed E-state index contributed by atoms with van der Waals surface area (Å²) in [6.07, 6.45) is -1.04. The molecule has 18 heavy (non-hydrogen) atoms. The Morgan fingerprint density at radius 1 is 1.17 bits per heavy atom. The molecule has 2 aromatic rings. The van der Waals surface area contributed by atoms with Gasteiger partial charge in [0.15, 0.2) is 11.6 Å². The minimum absolute atomic E-state index is 0.113. The summed E-state index contributed by atoms with van der Waals surface area (Å²) in [6.45, 7) is 0. The summed E-state index contributed by atoms with van der Waals surface area (Å²) in [6, 6.07) is 11.3. The lowest BCUT2D eigenvalue weighted by Crippen LogP contribution is -2.04. The van der Waals surface area contributed by atoms with Crippen LogP contribution in [0.15, 0.2) is 42.5 Å². The first-order valence-electron chi connectivity index (χ1n) is 5.49. The number of hydrogen-bond donors (Lipinski definition) is 2. The van der Waals surface area contributed by atoms with Gasteiger partial charge in [-0.05, 0) is 23.8 Å². The molecular formula is C14H14FNO2. The summed E-state index contributed by atoms with van der Waals surface area (Å²) < 4.78 is 18.9. The van der Waals surface area contributed by atoms with Crippen molar-refractivity contribution in [2.24, 2.45) is 0 Å². The van der Waals surface area contributed by atoms with Crippen molar-refractivity contribution in [1.29, 1.82) is 0 Å². The van der Waals surface area contributed by atoms with Gasteiger partial charge in [-0.3, -0.25) is 0 Å². The Balaban J connectivity index is 2.39. The number of anilines is 1. The molecule has 0 saturated carbocycles. The summed E-state index contributed by atoms with van der Waals surface area (Å²) in [4.78, 5) is 0. The highest BCUT2D eigenvalue weighted by atomic mass is 19.1. The molecule has 1 unspecified atom stereocenters. The third-order valence-corrected chi connectivity index (χ3v) is 2.76. The van der Waals surface area contributed by atoms with E-state index >= 15 is 0 Å². The molecule has 4 heteroatoms. The molecule has 3 N–H and O–H groups in total. The number of nitrogens with two attached hydrogens (primary N) is 1. The van der Waals surface area contributed by atoms with E-state index < -0.39 is 11.9 Å². The van der Waals surface area contributed by atoms with Gasteiger partial charge in [0.2, 0.25) is 0 Å². The Labute approximate surface area is 105 Å².